The van der Waals surface area contributed by atoms with Gasteiger partial charge in [0.25, 0.3) is 5.91 Å². The summed E-state index contributed by atoms with van der Waals surface area (Å²) in [6, 6.07) is 14.1. The molecule has 0 saturated carbocycles. The lowest BCUT2D eigenvalue weighted by Gasteiger charge is -2.16. The number of carbonyl (C=O) groups excluding carboxylic acids is 2. The zero-order valence-electron chi connectivity index (χ0n) is 13.1. The van der Waals surface area contributed by atoms with Crippen molar-refractivity contribution in [3.8, 4) is 5.75 Å². The van der Waals surface area contributed by atoms with Crippen LogP contribution >= 0.6 is 0 Å². The number of carbonyl (C=O) groups is 2. The second-order valence-electron chi connectivity index (χ2n) is 5.54. The number of nitrogens with zero attached hydrogens (tertiary/aromatic N) is 1. The summed E-state index contributed by atoms with van der Waals surface area (Å²) >= 11 is 0. The van der Waals surface area contributed by atoms with Gasteiger partial charge in [0, 0.05) is 11.8 Å². The van der Waals surface area contributed by atoms with Gasteiger partial charge < -0.3 is 10.1 Å². The molecular formula is C18H18N2O3. The average molecular weight is 310 g/mol. The lowest BCUT2D eigenvalue weighted by Crippen LogP contribution is -2.34. The van der Waals surface area contributed by atoms with Crippen molar-refractivity contribution in [3.05, 3.63) is 54.1 Å². The Kier molecular flexibility index (Phi) is 4.02. The van der Waals surface area contributed by atoms with Crippen molar-refractivity contribution in [2.24, 2.45) is 0 Å². The van der Waals surface area contributed by atoms with E-state index in [1.807, 2.05) is 37.3 Å². The second kappa shape index (κ2) is 6.12. The Labute approximate surface area is 134 Å². The summed E-state index contributed by atoms with van der Waals surface area (Å²) in [4.78, 5) is 26.1. The van der Waals surface area contributed by atoms with Crippen molar-refractivity contribution in [2.45, 2.75) is 19.4 Å². The maximum absolute atomic E-state index is 12.6. The third-order valence-electron chi connectivity index (χ3n) is 3.85. The van der Waals surface area contributed by atoms with Gasteiger partial charge in [0.2, 0.25) is 5.91 Å². The van der Waals surface area contributed by atoms with Gasteiger partial charge in [-0.2, -0.15) is 0 Å². The van der Waals surface area contributed by atoms with Crippen molar-refractivity contribution < 1.29 is 14.3 Å². The molecule has 3 rings (SSSR count). The highest BCUT2D eigenvalue weighted by Crippen LogP contribution is 2.26. The molecule has 23 heavy (non-hydrogen) atoms. The highest BCUT2D eigenvalue weighted by Gasteiger charge is 2.39. The van der Waals surface area contributed by atoms with Crippen molar-refractivity contribution in [1.82, 2.24) is 0 Å². The van der Waals surface area contributed by atoms with Crippen LogP contribution in [0.15, 0.2) is 48.5 Å². The van der Waals surface area contributed by atoms with Gasteiger partial charge in [-0.3, -0.25) is 9.59 Å². The predicted octanol–water partition coefficient (Wildman–Crippen LogP) is 2.75. The first-order chi connectivity index (χ1) is 11.1. The number of methoxy groups -OCH3 is 1. The molecule has 118 valence electrons. The van der Waals surface area contributed by atoms with E-state index < -0.39 is 6.04 Å². The Morgan fingerprint density at radius 2 is 1.87 bits per heavy atom. The number of aryl methyl sites for hydroxylation is 1. The topological polar surface area (TPSA) is 58.6 Å². The standard InChI is InChI=1S/C18H18N2O3/c1-12-6-8-14(9-7-12)20-17(21)11-16(18(20)22)19-13-4-3-5-15(10-13)23-2/h3-10,16,19H,11H2,1-2H3/t16-/m1/s1. The summed E-state index contributed by atoms with van der Waals surface area (Å²) in [6.45, 7) is 1.96. The molecule has 2 aromatic carbocycles. The molecule has 1 N–H and O–H groups in total. The van der Waals surface area contributed by atoms with E-state index in [9.17, 15) is 9.59 Å². The molecule has 1 aliphatic rings. The Morgan fingerprint density at radius 3 is 2.57 bits per heavy atom. The van der Waals surface area contributed by atoms with Gasteiger partial charge in [0.1, 0.15) is 11.8 Å². The van der Waals surface area contributed by atoms with Crippen molar-refractivity contribution in [2.75, 3.05) is 17.3 Å². The maximum atomic E-state index is 12.6. The summed E-state index contributed by atoms with van der Waals surface area (Å²) in [7, 11) is 1.59. The Bertz CT molecular complexity index is 740. The van der Waals surface area contributed by atoms with E-state index in [0.717, 1.165) is 11.3 Å². The summed E-state index contributed by atoms with van der Waals surface area (Å²) in [6.07, 6.45) is 0.143. The first-order valence-corrected chi connectivity index (χ1v) is 7.42. The molecule has 0 aliphatic carbocycles. The SMILES string of the molecule is COc1cccc(N[C@@H]2CC(=O)N(c3ccc(C)cc3)C2=O)c1. The number of ether oxygens (including phenoxy) is 1. The van der Waals surface area contributed by atoms with Crippen LogP contribution in [-0.4, -0.2) is 25.0 Å². The van der Waals surface area contributed by atoms with Gasteiger partial charge in [0.05, 0.1) is 19.2 Å². The Morgan fingerprint density at radius 1 is 1.13 bits per heavy atom. The number of imide groups is 1. The molecular weight excluding hydrogens is 292 g/mol. The minimum atomic E-state index is -0.559. The molecule has 0 aromatic heterocycles. The highest BCUT2D eigenvalue weighted by atomic mass is 16.5. The van der Waals surface area contributed by atoms with Crippen molar-refractivity contribution >= 4 is 23.2 Å². The molecule has 0 spiro atoms. The normalized spacial score (nSPS) is 17.5. The lowest BCUT2D eigenvalue weighted by atomic mass is 10.2. The molecule has 0 bridgehead atoms. The van der Waals surface area contributed by atoms with Gasteiger partial charge in [0.15, 0.2) is 0 Å². The molecule has 2 amide bonds. The molecule has 5 nitrogen and oxygen atoms in total. The summed E-state index contributed by atoms with van der Waals surface area (Å²) in [5.41, 5.74) is 2.45. The van der Waals surface area contributed by atoms with Crippen LogP contribution in [0, 0.1) is 6.92 Å². The second-order valence-corrected chi connectivity index (χ2v) is 5.54. The summed E-state index contributed by atoms with van der Waals surface area (Å²) in [5.74, 6) is 0.267. The molecule has 0 radical (unpaired) electrons. The van der Waals surface area contributed by atoms with Crippen LogP contribution in [0.25, 0.3) is 0 Å². The Balaban J connectivity index is 1.79. The fourth-order valence-corrected chi connectivity index (χ4v) is 2.62. The number of benzene rings is 2. The number of hydrogen-bond acceptors (Lipinski definition) is 4. The molecule has 5 heteroatoms. The molecule has 1 heterocycles. The molecule has 2 aromatic rings. The van der Waals surface area contributed by atoms with E-state index >= 15 is 0 Å². The number of hydrogen-bond donors (Lipinski definition) is 1. The first kappa shape index (κ1) is 15.1. The zero-order chi connectivity index (χ0) is 16.4. The monoisotopic (exact) mass is 310 g/mol. The smallest absolute Gasteiger partial charge is 0.256 e. The van der Waals surface area contributed by atoms with E-state index in [-0.39, 0.29) is 18.2 Å². The van der Waals surface area contributed by atoms with Crippen molar-refractivity contribution in [1.29, 1.82) is 0 Å². The number of rotatable bonds is 4. The summed E-state index contributed by atoms with van der Waals surface area (Å²) < 4.78 is 5.17. The van der Waals surface area contributed by atoms with E-state index in [2.05, 4.69) is 5.32 Å². The lowest BCUT2D eigenvalue weighted by molar-refractivity contribution is -0.121. The van der Waals surface area contributed by atoms with Crippen molar-refractivity contribution in [3.63, 3.8) is 0 Å². The molecule has 1 atom stereocenters. The number of nitrogens with one attached hydrogen (secondary N) is 1. The van der Waals surface area contributed by atoms with Gasteiger partial charge in [-0.25, -0.2) is 4.90 Å². The zero-order valence-corrected chi connectivity index (χ0v) is 13.1. The quantitative estimate of drug-likeness (QED) is 0.882. The van der Waals surface area contributed by atoms with E-state index in [1.54, 1.807) is 25.3 Å². The minimum absolute atomic E-state index is 0.143. The van der Waals surface area contributed by atoms with Crippen LogP contribution in [0.5, 0.6) is 5.75 Å². The van der Waals surface area contributed by atoms with E-state index in [4.69, 9.17) is 4.74 Å². The maximum Gasteiger partial charge on any atom is 0.256 e. The van der Waals surface area contributed by atoms with E-state index in [1.165, 1.54) is 4.90 Å². The number of anilines is 2. The van der Waals surface area contributed by atoms with Crippen LogP contribution < -0.4 is 15.0 Å². The third-order valence-corrected chi connectivity index (χ3v) is 3.85. The van der Waals surface area contributed by atoms with Crippen LogP contribution in [0.2, 0.25) is 0 Å². The van der Waals surface area contributed by atoms with Gasteiger partial charge >= 0.3 is 0 Å². The molecule has 0 unspecified atom stereocenters. The third kappa shape index (κ3) is 3.04. The highest BCUT2D eigenvalue weighted by molar-refractivity contribution is 6.23. The van der Waals surface area contributed by atoms with Gasteiger partial charge in [-0.15, -0.1) is 0 Å². The van der Waals surface area contributed by atoms with Crippen LogP contribution in [0.1, 0.15) is 12.0 Å². The predicted molar refractivity (Wildman–Crippen MR) is 88.7 cm³/mol. The van der Waals surface area contributed by atoms with E-state index in [0.29, 0.717) is 11.4 Å². The fraction of sp³-hybridized carbons (Fsp3) is 0.222. The molecule has 1 aliphatic heterocycles. The fourth-order valence-electron chi connectivity index (χ4n) is 2.62. The van der Waals surface area contributed by atoms with Crippen LogP contribution in [0.3, 0.4) is 0 Å². The van der Waals surface area contributed by atoms with Gasteiger partial charge in [-0.05, 0) is 31.2 Å². The molecule has 1 fully saturated rings. The largest absolute Gasteiger partial charge is 0.497 e. The average Bonchev–Trinajstić information content (AvgIpc) is 2.83. The number of amides is 2. The first-order valence-electron chi connectivity index (χ1n) is 7.42. The summed E-state index contributed by atoms with van der Waals surface area (Å²) in [5, 5.41) is 3.11. The minimum Gasteiger partial charge on any atom is -0.497 e. The van der Waals surface area contributed by atoms with Gasteiger partial charge in [-0.1, -0.05) is 23.8 Å². The van der Waals surface area contributed by atoms with Crippen LogP contribution in [-0.2, 0) is 9.59 Å². The Hall–Kier alpha value is -2.82. The molecule has 1 saturated heterocycles. The van der Waals surface area contributed by atoms with Crippen LogP contribution in [0.4, 0.5) is 11.4 Å².